The molecule has 0 aliphatic heterocycles. The monoisotopic (exact) mass is 289 g/mol. The van der Waals surface area contributed by atoms with Gasteiger partial charge in [-0.2, -0.15) is 0 Å². The van der Waals surface area contributed by atoms with Crippen molar-refractivity contribution in [1.82, 2.24) is 0 Å². The number of nitrogens with two attached hydrogens (primary N) is 1. The van der Waals surface area contributed by atoms with E-state index in [1.54, 1.807) is 6.07 Å². The molecule has 0 amide bonds. The molecule has 20 heavy (non-hydrogen) atoms. The molecule has 4 heteroatoms. The molecule has 0 saturated heterocycles. The normalized spacial score (nSPS) is 10.4. The molecule has 0 saturated carbocycles. The van der Waals surface area contributed by atoms with Gasteiger partial charge < -0.3 is 10.5 Å². The van der Waals surface area contributed by atoms with Crippen LogP contribution in [0.2, 0.25) is 0 Å². The predicted molar refractivity (Wildman–Crippen MR) is 83.0 cm³/mol. The van der Waals surface area contributed by atoms with Crippen LogP contribution in [-0.2, 0) is 0 Å². The molecular formula is C16H16FNOS. The third-order valence-corrected chi connectivity index (χ3v) is 3.51. The molecule has 0 aromatic heterocycles. The Morgan fingerprint density at radius 3 is 2.40 bits per heavy atom. The highest BCUT2D eigenvalue weighted by atomic mass is 32.1. The number of ether oxygens (including phenoxy) is 1. The zero-order valence-corrected chi connectivity index (χ0v) is 12.5. The van der Waals surface area contributed by atoms with Crippen LogP contribution < -0.4 is 10.5 Å². The maximum Gasteiger partial charge on any atom is 0.137 e. The minimum Gasteiger partial charge on any atom is -0.456 e. The van der Waals surface area contributed by atoms with Gasteiger partial charge >= 0.3 is 0 Å². The van der Waals surface area contributed by atoms with Gasteiger partial charge in [-0.1, -0.05) is 24.4 Å². The molecule has 2 aromatic rings. The van der Waals surface area contributed by atoms with Crippen LogP contribution in [0.15, 0.2) is 30.3 Å². The van der Waals surface area contributed by atoms with E-state index in [0.29, 0.717) is 11.3 Å². The quantitative estimate of drug-likeness (QED) is 0.861. The predicted octanol–water partition coefficient (Wildman–Crippen LogP) is 4.18. The zero-order chi connectivity index (χ0) is 14.9. The molecule has 0 aliphatic rings. The van der Waals surface area contributed by atoms with Gasteiger partial charge in [0.05, 0.1) is 5.56 Å². The van der Waals surface area contributed by atoms with Gasteiger partial charge in [0.2, 0.25) is 0 Å². The van der Waals surface area contributed by atoms with E-state index >= 15 is 0 Å². The summed E-state index contributed by atoms with van der Waals surface area (Å²) in [5.74, 6) is 0.836. The standard InChI is InChI=1S/C16H16FNOS/c1-9-4-5-10(2)15(11(9)3)19-14-7-6-12(17)8-13(14)16(18)20/h4-8H,1-3H3,(H2,18,20). The van der Waals surface area contributed by atoms with E-state index in [1.807, 2.05) is 32.9 Å². The van der Waals surface area contributed by atoms with Crippen LogP contribution in [0, 0.1) is 26.6 Å². The van der Waals surface area contributed by atoms with E-state index in [1.165, 1.54) is 12.1 Å². The third kappa shape index (κ3) is 2.80. The van der Waals surface area contributed by atoms with Crippen molar-refractivity contribution in [3.63, 3.8) is 0 Å². The number of thiocarbonyl (C=S) groups is 1. The van der Waals surface area contributed by atoms with Gasteiger partial charge in [0, 0.05) is 0 Å². The lowest BCUT2D eigenvalue weighted by molar-refractivity contribution is 0.471. The first-order chi connectivity index (χ1) is 9.40. The SMILES string of the molecule is Cc1ccc(C)c(Oc2ccc(F)cc2C(N)=S)c1C. The lowest BCUT2D eigenvalue weighted by atomic mass is 10.1. The second-order valence-corrected chi connectivity index (χ2v) is 5.20. The number of hydrogen-bond donors (Lipinski definition) is 1. The summed E-state index contributed by atoms with van der Waals surface area (Å²) in [5, 5.41) is 0. The highest BCUT2D eigenvalue weighted by Gasteiger charge is 2.13. The van der Waals surface area contributed by atoms with Gasteiger partial charge in [-0.25, -0.2) is 4.39 Å². The molecule has 0 heterocycles. The fraction of sp³-hybridized carbons (Fsp3) is 0.188. The lowest BCUT2D eigenvalue weighted by Crippen LogP contribution is -2.11. The molecule has 0 unspecified atom stereocenters. The van der Waals surface area contributed by atoms with Crippen molar-refractivity contribution in [2.75, 3.05) is 0 Å². The van der Waals surface area contributed by atoms with Gasteiger partial charge in [-0.15, -0.1) is 0 Å². The van der Waals surface area contributed by atoms with Gasteiger partial charge in [0.15, 0.2) is 0 Å². The van der Waals surface area contributed by atoms with Gasteiger partial charge in [0.25, 0.3) is 0 Å². The van der Waals surface area contributed by atoms with E-state index in [4.69, 9.17) is 22.7 Å². The minimum absolute atomic E-state index is 0.113. The molecule has 0 bridgehead atoms. The first-order valence-corrected chi connectivity index (χ1v) is 6.65. The summed E-state index contributed by atoms with van der Waals surface area (Å²) in [4.78, 5) is 0.113. The zero-order valence-electron chi connectivity index (χ0n) is 11.7. The van der Waals surface area contributed by atoms with Crippen molar-refractivity contribution in [2.24, 2.45) is 5.73 Å². The molecule has 2 rings (SSSR count). The molecule has 2 N–H and O–H groups in total. The van der Waals surface area contributed by atoms with Gasteiger partial charge in [-0.3, -0.25) is 0 Å². The average Bonchev–Trinajstić information content (AvgIpc) is 2.40. The van der Waals surface area contributed by atoms with Crippen molar-refractivity contribution >= 4 is 17.2 Å². The number of hydrogen-bond acceptors (Lipinski definition) is 2. The summed E-state index contributed by atoms with van der Waals surface area (Å²) >= 11 is 4.95. The summed E-state index contributed by atoms with van der Waals surface area (Å²) in [5.41, 5.74) is 9.21. The Balaban J connectivity index is 2.51. The minimum atomic E-state index is -0.391. The number of halogens is 1. The first-order valence-electron chi connectivity index (χ1n) is 6.24. The Morgan fingerprint density at radius 1 is 1.10 bits per heavy atom. The summed E-state index contributed by atoms with van der Waals surface area (Å²) in [6.45, 7) is 5.97. The molecule has 104 valence electrons. The van der Waals surface area contributed by atoms with E-state index < -0.39 is 5.82 Å². The van der Waals surface area contributed by atoms with Gasteiger partial charge in [0.1, 0.15) is 22.3 Å². The average molecular weight is 289 g/mol. The molecule has 2 nitrogen and oxygen atoms in total. The van der Waals surface area contributed by atoms with E-state index in [2.05, 4.69) is 0 Å². The highest BCUT2D eigenvalue weighted by Crippen LogP contribution is 2.32. The summed E-state index contributed by atoms with van der Waals surface area (Å²) in [6, 6.07) is 8.19. The maximum absolute atomic E-state index is 13.3. The largest absolute Gasteiger partial charge is 0.456 e. The number of rotatable bonds is 3. The molecule has 0 radical (unpaired) electrons. The van der Waals surface area contributed by atoms with Crippen molar-refractivity contribution in [1.29, 1.82) is 0 Å². The molecule has 0 aliphatic carbocycles. The van der Waals surface area contributed by atoms with Crippen molar-refractivity contribution in [3.05, 3.63) is 58.4 Å². The Morgan fingerprint density at radius 2 is 1.75 bits per heavy atom. The van der Waals surface area contributed by atoms with Crippen molar-refractivity contribution < 1.29 is 9.13 Å². The molecule has 2 aromatic carbocycles. The van der Waals surface area contributed by atoms with Crippen LogP contribution in [-0.4, -0.2) is 4.99 Å². The number of aryl methyl sites for hydroxylation is 2. The number of benzene rings is 2. The van der Waals surface area contributed by atoms with E-state index in [9.17, 15) is 4.39 Å². The van der Waals surface area contributed by atoms with Crippen LogP contribution in [0.1, 0.15) is 22.3 Å². The smallest absolute Gasteiger partial charge is 0.137 e. The maximum atomic E-state index is 13.3. The van der Waals surface area contributed by atoms with Crippen LogP contribution in [0.3, 0.4) is 0 Å². The van der Waals surface area contributed by atoms with Crippen LogP contribution in [0.5, 0.6) is 11.5 Å². The van der Waals surface area contributed by atoms with Crippen LogP contribution in [0.25, 0.3) is 0 Å². The summed E-state index contributed by atoms with van der Waals surface area (Å²) in [6.07, 6.45) is 0. The molecular weight excluding hydrogens is 273 g/mol. The van der Waals surface area contributed by atoms with Crippen LogP contribution in [0.4, 0.5) is 4.39 Å². The van der Waals surface area contributed by atoms with Gasteiger partial charge in [-0.05, 0) is 55.7 Å². The highest BCUT2D eigenvalue weighted by molar-refractivity contribution is 7.80. The Labute approximate surface area is 123 Å². The Hall–Kier alpha value is -1.94. The summed E-state index contributed by atoms with van der Waals surface area (Å²) in [7, 11) is 0. The molecule has 0 fully saturated rings. The lowest BCUT2D eigenvalue weighted by Gasteiger charge is -2.16. The van der Waals surface area contributed by atoms with E-state index in [-0.39, 0.29) is 4.99 Å². The van der Waals surface area contributed by atoms with Crippen molar-refractivity contribution in [3.8, 4) is 11.5 Å². The fourth-order valence-corrected chi connectivity index (χ4v) is 2.14. The molecule has 0 atom stereocenters. The second-order valence-electron chi connectivity index (χ2n) is 4.76. The summed E-state index contributed by atoms with van der Waals surface area (Å²) < 4.78 is 19.2. The van der Waals surface area contributed by atoms with Crippen LogP contribution >= 0.6 is 12.2 Å². The van der Waals surface area contributed by atoms with Crippen molar-refractivity contribution in [2.45, 2.75) is 20.8 Å². The fourth-order valence-electron chi connectivity index (χ4n) is 1.98. The Kier molecular flexibility index (Phi) is 4.04. The third-order valence-electron chi connectivity index (χ3n) is 3.29. The van der Waals surface area contributed by atoms with E-state index in [0.717, 1.165) is 22.4 Å². The molecule has 0 spiro atoms. The second kappa shape index (κ2) is 5.59. The topological polar surface area (TPSA) is 35.2 Å². The first kappa shape index (κ1) is 14.5. The Bertz CT molecular complexity index is 682.